The van der Waals surface area contributed by atoms with Crippen molar-refractivity contribution in [2.45, 2.75) is 42.8 Å². The van der Waals surface area contributed by atoms with E-state index in [0.29, 0.717) is 11.5 Å². The first-order chi connectivity index (χ1) is 12.4. The van der Waals surface area contributed by atoms with Gasteiger partial charge in [-0.15, -0.1) is 0 Å². The molecule has 0 bridgehead atoms. The van der Waals surface area contributed by atoms with Crippen molar-refractivity contribution in [3.05, 3.63) is 59.9 Å². The van der Waals surface area contributed by atoms with Gasteiger partial charge in [-0.3, -0.25) is 9.78 Å². The summed E-state index contributed by atoms with van der Waals surface area (Å²) >= 11 is 0. The summed E-state index contributed by atoms with van der Waals surface area (Å²) in [5.41, 5.74) is 1.67. The summed E-state index contributed by atoms with van der Waals surface area (Å²) in [5, 5.41) is 1.95. The molecule has 1 aromatic heterocycles. The summed E-state index contributed by atoms with van der Waals surface area (Å²) in [7, 11) is -3.65. The van der Waals surface area contributed by atoms with Gasteiger partial charge in [0.25, 0.3) is 0 Å². The van der Waals surface area contributed by atoms with Crippen LogP contribution in [-0.4, -0.2) is 25.9 Å². The van der Waals surface area contributed by atoms with Crippen LogP contribution in [0.25, 0.3) is 0 Å². The summed E-state index contributed by atoms with van der Waals surface area (Å²) in [4.78, 5) is 16.3. The second kappa shape index (κ2) is 7.58. The molecule has 3 rings (SSSR count). The quantitative estimate of drug-likeness (QED) is 0.809. The number of amides is 1. The van der Waals surface area contributed by atoms with Crippen LogP contribution in [0, 0.1) is 5.92 Å². The summed E-state index contributed by atoms with van der Waals surface area (Å²) in [5.74, 6) is 0.306. The zero-order valence-corrected chi connectivity index (χ0v) is 15.9. The molecule has 6 heteroatoms. The fraction of sp³-hybridized carbons (Fsp3) is 0.400. The highest BCUT2D eigenvalue weighted by atomic mass is 32.2. The van der Waals surface area contributed by atoms with Crippen LogP contribution >= 0.6 is 0 Å². The maximum Gasteiger partial charge on any atom is 0.223 e. The fourth-order valence-electron chi connectivity index (χ4n) is 2.86. The van der Waals surface area contributed by atoms with Gasteiger partial charge in [0, 0.05) is 24.9 Å². The minimum absolute atomic E-state index is 0.0394. The van der Waals surface area contributed by atoms with E-state index in [1.165, 1.54) is 0 Å². The molecule has 0 unspecified atom stereocenters. The Kier molecular flexibility index (Phi) is 5.41. The molecule has 1 amide bonds. The number of carbonyl (C=O) groups excluding carboxylic acids is 1. The molecule has 0 spiro atoms. The smallest absolute Gasteiger partial charge is 0.223 e. The van der Waals surface area contributed by atoms with E-state index in [1.807, 2.05) is 12.1 Å². The summed E-state index contributed by atoms with van der Waals surface area (Å²) in [6, 6.07) is 10.4. The molecule has 0 saturated heterocycles. The van der Waals surface area contributed by atoms with Crippen molar-refractivity contribution in [1.82, 2.24) is 10.3 Å². The zero-order chi connectivity index (χ0) is 18.7. The van der Waals surface area contributed by atoms with E-state index in [1.54, 1.807) is 36.7 Å². The summed E-state index contributed by atoms with van der Waals surface area (Å²) in [6.45, 7) is 4.18. The minimum Gasteiger partial charge on any atom is -0.354 e. The number of aromatic nitrogens is 1. The fourth-order valence-corrected chi connectivity index (χ4v) is 4.51. The highest BCUT2D eigenvalue weighted by molar-refractivity contribution is 7.91. The van der Waals surface area contributed by atoms with Crippen LogP contribution in [0.4, 0.5) is 0 Å². The van der Waals surface area contributed by atoms with Crippen molar-refractivity contribution in [1.29, 1.82) is 0 Å². The van der Waals surface area contributed by atoms with Gasteiger partial charge < -0.3 is 5.32 Å². The van der Waals surface area contributed by atoms with Crippen molar-refractivity contribution < 1.29 is 13.2 Å². The molecule has 1 aliphatic carbocycles. The molecular formula is C20H24N2O3S. The first-order valence-electron chi connectivity index (χ1n) is 8.91. The average molecular weight is 372 g/mol. The largest absolute Gasteiger partial charge is 0.354 e. The molecule has 26 heavy (non-hydrogen) atoms. The highest BCUT2D eigenvalue weighted by Crippen LogP contribution is 2.31. The van der Waals surface area contributed by atoms with E-state index >= 15 is 0 Å². The Balaban J connectivity index is 1.89. The normalized spacial score (nSPS) is 15.7. The topological polar surface area (TPSA) is 76.1 Å². The predicted octanol–water partition coefficient (Wildman–Crippen LogP) is 3.25. The van der Waals surface area contributed by atoms with E-state index in [2.05, 4.69) is 24.1 Å². The Labute approximate surface area is 154 Å². The standard InChI is InChI=1S/C20H24N2O3S/c1-14(2)15-7-9-18(10-8-15)26(24,25)19(17-4-3-11-21-12-17)13-22-20(23)16-5-6-16/h3-4,7-12,14,16,19H,5-6,13H2,1-2H3,(H,22,23)/t19-/m0/s1. The molecule has 1 atom stereocenters. The van der Waals surface area contributed by atoms with E-state index in [4.69, 9.17) is 0 Å². The molecule has 2 aromatic rings. The molecule has 1 N–H and O–H groups in total. The van der Waals surface area contributed by atoms with Crippen LogP contribution in [0.3, 0.4) is 0 Å². The maximum absolute atomic E-state index is 13.2. The van der Waals surface area contributed by atoms with Crippen molar-refractivity contribution >= 4 is 15.7 Å². The molecule has 1 saturated carbocycles. The van der Waals surface area contributed by atoms with Gasteiger partial charge in [0.05, 0.1) is 4.90 Å². The number of nitrogens with one attached hydrogen (secondary N) is 1. The number of sulfone groups is 1. The predicted molar refractivity (Wildman–Crippen MR) is 100 cm³/mol. The van der Waals surface area contributed by atoms with Crippen LogP contribution in [0.15, 0.2) is 53.7 Å². The Bertz CT molecular complexity index is 858. The molecule has 5 nitrogen and oxygen atoms in total. The zero-order valence-electron chi connectivity index (χ0n) is 15.1. The van der Waals surface area contributed by atoms with Gasteiger partial charge in [-0.2, -0.15) is 0 Å². The second-order valence-electron chi connectivity index (χ2n) is 7.06. The van der Waals surface area contributed by atoms with E-state index in [0.717, 1.165) is 18.4 Å². The Morgan fingerprint density at radius 1 is 1.15 bits per heavy atom. The second-order valence-corrected chi connectivity index (χ2v) is 9.19. The Hall–Kier alpha value is -2.21. The highest BCUT2D eigenvalue weighted by Gasteiger charge is 2.33. The summed E-state index contributed by atoms with van der Waals surface area (Å²) < 4.78 is 26.5. The molecule has 1 aromatic carbocycles. The third kappa shape index (κ3) is 4.12. The van der Waals surface area contributed by atoms with Gasteiger partial charge >= 0.3 is 0 Å². The lowest BCUT2D eigenvalue weighted by atomic mass is 10.0. The molecule has 0 aliphatic heterocycles. The Morgan fingerprint density at radius 2 is 1.85 bits per heavy atom. The van der Waals surface area contributed by atoms with Gasteiger partial charge in [0.2, 0.25) is 5.91 Å². The van der Waals surface area contributed by atoms with Crippen LogP contribution in [0.1, 0.15) is 49.0 Å². The Morgan fingerprint density at radius 3 is 2.38 bits per heavy atom. The van der Waals surface area contributed by atoms with Gasteiger partial charge in [0.1, 0.15) is 5.25 Å². The van der Waals surface area contributed by atoms with Crippen LogP contribution < -0.4 is 5.32 Å². The van der Waals surface area contributed by atoms with Crippen LogP contribution in [-0.2, 0) is 14.6 Å². The molecule has 1 fully saturated rings. The maximum atomic E-state index is 13.2. The van der Waals surface area contributed by atoms with Crippen molar-refractivity contribution in [3.8, 4) is 0 Å². The molecule has 1 aliphatic rings. The molecule has 0 radical (unpaired) electrons. The van der Waals surface area contributed by atoms with Crippen LogP contribution in [0.5, 0.6) is 0 Å². The minimum atomic E-state index is -3.65. The number of nitrogens with zero attached hydrogens (tertiary/aromatic N) is 1. The number of pyridine rings is 1. The number of rotatable bonds is 7. The molecule has 1 heterocycles. The lowest BCUT2D eigenvalue weighted by molar-refractivity contribution is -0.122. The SMILES string of the molecule is CC(C)c1ccc(S(=O)(=O)[C@@H](CNC(=O)C2CC2)c2cccnc2)cc1. The average Bonchev–Trinajstić information content (AvgIpc) is 3.48. The monoisotopic (exact) mass is 372 g/mol. The number of hydrogen-bond donors (Lipinski definition) is 1. The molecule has 138 valence electrons. The third-order valence-corrected chi connectivity index (χ3v) is 6.83. The first kappa shape index (κ1) is 18.6. The third-order valence-electron chi connectivity index (χ3n) is 4.72. The van der Waals surface area contributed by atoms with Gasteiger partial charge in [-0.05, 0) is 48.1 Å². The summed E-state index contributed by atoms with van der Waals surface area (Å²) in [6.07, 6.45) is 4.92. The van der Waals surface area contributed by atoms with Crippen molar-refractivity contribution in [3.63, 3.8) is 0 Å². The van der Waals surface area contributed by atoms with Crippen molar-refractivity contribution in [2.75, 3.05) is 6.54 Å². The van der Waals surface area contributed by atoms with Crippen molar-refractivity contribution in [2.24, 2.45) is 5.92 Å². The lowest BCUT2D eigenvalue weighted by Gasteiger charge is -2.19. The van der Waals surface area contributed by atoms with Crippen LogP contribution in [0.2, 0.25) is 0 Å². The van der Waals surface area contributed by atoms with E-state index < -0.39 is 15.1 Å². The van der Waals surface area contributed by atoms with Gasteiger partial charge in [0.15, 0.2) is 9.84 Å². The molecular weight excluding hydrogens is 348 g/mol. The lowest BCUT2D eigenvalue weighted by Crippen LogP contribution is -2.32. The van der Waals surface area contributed by atoms with Gasteiger partial charge in [-0.1, -0.05) is 32.0 Å². The van der Waals surface area contributed by atoms with E-state index in [9.17, 15) is 13.2 Å². The number of benzene rings is 1. The number of hydrogen-bond acceptors (Lipinski definition) is 4. The number of carbonyl (C=O) groups is 1. The van der Waals surface area contributed by atoms with E-state index in [-0.39, 0.29) is 23.3 Å². The first-order valence-corrected chi connectivity index (χ1v) is 10.5. The van der Waals surface area contributed by atoms with Gasteiger partial charge in [-0.25, -0.2) is 8.42 Å².